The molecule has 62 heavy (non-hydrogen) atoms. The van der Waals surface area contributed by atoms with Crippen LogP contribution < -0.4 is 32.3 Å². The summed E-state index contributed by atoms with van der Waals surface area (Å²) in [5, 5.41) is 51.9. The van der Waals surface area contributed by atoms with Gasteiger partial charge in [-0.1, -0.05) is 24.3 Å². The number of anilines is 6. The van der Waals surface area contributed by atoms with Crippen molar-refractivity contribution >= 4 is 82.5 Å². The number of nitrogen functional groups attached to an aromatic ring is 1. The summed E-state index contributed by atoms with van der Waals surface area (Å²) in [6.07, 6.45) is 0. The van der Waals surface area contributed by atoms with E-state index in [2.05, 4.69) is 26.6 Å². The Labute approximate surface area is 364 Å². The van der Waals surface area contributed by atoms with Crippen molar-refractivity contribution in [3.63, 3.8) is 0 Å². The Balaban J connectivity index is -0.000000325. The summed E-state index contributed by atoms with van der Waals surface area (Å²) < 4.78 is 101. The van der Waals surface area contributed by atoms with Crippen molar-refractivity contribution < 1.29 is 75.7 Å². The smallest absolute Gasteiger partial charge is 0.425 e. The summed E-state index contributed by atoms with van der Waals surface area (Å²) in [6.45, 7) is 10.9. The Morgan fingerprint density at radius 3 is 1.16 bits per heavy atom. The molecule has 0 atom stereocenters. The summed E-state index contributed by atoms with van der Waals surface area (Å²) in [5.74, 6) is 0.668. The number of hydrogen-bond donors (Lipinski definition) is 10. The second kappa shape index (κ2) is 33.8. The molecule has 0 aliphatic carbocycles. The van der Waals surface area contributed by atoms with Crippen LogP contribution in [0, 0.1) is 34.6 Å². The van der Waals surface area contributed by atoms with E-state index in [9.17, 15) is 25.2 Å². The van der Waals surface area contributed by atoms with Gasteiger partial charge in [-0.3, -0.25) is 4.79 Å². The minimum absolute atomic E-state index is 0.0719. The molecular formula is C35H50N6O17S4. The number of phenolic OH excluding ortho intramolecular Hbond substituents is 4. The van der Waals surface area contributed by atoms with Gasteiger partial charge in [-0.15, -0.1) is 50.5 Å². The largest absolute Gasteiger partial charge is 0.506 e. The molecule has 11 N–H and O–H groups in total. The van der Waals surface area contributed by atoms with Crippen LogP contribution in [0.5, 0.6) is 23.0 Å². The van der Waals surface area contributed by atoms with Gasteiger partial charge in [0, 0.05) is 35.1 Å². The van der Waals surface area contributed by atoms with Crippen LogP contribution in [0.15, 0.2) is 54.6 Å². The normalized spacial score (nSPS) is 8.68. The van der Waals surface area contributed by atoms with Crippen LogP contribution in [0.3, 0.4) is 0 Å². The molecule has 346 valence electrons. The van der Waals surface area contributed by atoms with Gasteiger partial charge in [0.2, 0.25) is 5.91 Å². The quantitative estimate of drug-likeness (QED) is 0.102. The number of nitrogens with two attached hydrogens (primary N) is 1. The molecule has 0 fully saturated rings. The third-order valence-electron chi connectivity index (χ3n) is 7.05. The second-order valence-corrected chi connectivity index (χ2v) is 12.9. The van der Waals surface area contributed by atoms with Crippen LogP contribution in [0.2, 0.25) is 0 Å². The van der Waals surface area contributed by atoms with Crippen molar-refractivity contribution in [1.82, 2.24) is 0 Å². The predicted octanol–water partition coefficient (Wildman–Crippen LogP) is 2.80. The highest BCUT2D eigenvalue weighted by molar-refractivity contribution is 7.59. The molecule has 27 heteroatoms. The van der Waals surface area contributed by atoms with Crippen molar-refractivity contribution in [3.05, 3.63) is 82.4 Å². The van der Waals surface area contributed by atoms with E-state index in [0.717, 1.165) is 39.2 Å². The highest BCUT2D eigenvalue weighted by Gasteiger charge is 2.10. The highest BCUT2D eigenvalue weighted by atomic mass is 32.2. The number of phenols is 4. The number of aryl methyl sites for hydroxylation is 4. The van der Waals surface area contributed by atoms with Gasteiger partial charge in [-0.05, 0) is 92.8 Å². The van der Waals surface area contributed by atoms with Gasteiger partial charge in [-0.2, -0.15) is 0 Å². The Bertz CT molecular complexity index is 2330. The first-order chi connectivity index (χ1) is 28.6. The van der Waals surface area contributed by atoms with Gasteiger partial charge in [-0.25, -0.2) is 0 Å². The van der Waals surface area contributed by atoms with Gasteiger partial charge in [0.15, 0.2) is 11.5 Å². The van der Waals surface area contributed by atoms with E-state index in [4.69, 9.17) is 56.2 Å². The fourth-order valence-corrected chi connectivity index (χ4v) is 3.99. The first-order valence-corrected chi connectivity index (χ1v) is 20.6. The molecule has 0 aromatic heterocycles. The molecular weight excluding hydrogens is 905 g/mol. The van der Waals surface area contributed by atoms with Crippen molar-refractivity contribution in [3.8, 4) is 23.0 Å². The standard InChI is InChI=1S/C10H14N2O2.C9H13NO.C8H12N2O.C8H11NO.4O3S/c1-6-4-5-8(11-3)10(14)9(6)12-7(2)13;1-6-4-5-8(10-3)9(11)7(6)2;1-5-3-4-6(10-2)8(11)7(5)9;1-6-3-4-7(9-2)8(10)5-6;4*1-4(2)3/h4-5,11,14H,1-3H3,(H,12,13);4-5,10-11H,1-3H3;3-4,10-11H,9H2,1-2H3;3-5,9-10H,1-2H3;;;;. The van der Waals surface area contributed by atoms with Crippen LogP contribution in [0.25, 0.3) is 0 Å². The van der Waals surface area contributed by atoms with Crippen LogP contribution in [0.1, 0.15) is 34.7 Å². The molecule has 0 spiro atoms. The molecule has 4 rings (SSSR count). The molecule has 23 nitrogen and oxygen atoms in total. The van der Waals surface area contributed by atoms with E-state index < -0.39 is 42.4 Å². The molecule has 0 unspecified atom stereocenters. The van der Waals surface area contributed by atoms with Crippen LogP contribution in [0.4, 0.5) is 34.1 Å². The minimum Gasteiger partial charge on any atom is -0.506 e. The molecule has 0 heterocycles. The van der Waals surface area contributed by atoms with Crippen LogP contribution in [-0.2, 0) is 47.2 Å². The van der Waals surface area contributed by atoms with E-state index in [1.54, 1.807) is 46.4 Å². The third-order valence-corrected chi connectivity index (χ3v) is 7.05. The monoisotopic (exact) mass is 954 g/mol. The molecule has 0 saturated heterocycles. The number of carbonyl (C=O) groups is 1. The van der Waals surface area contributed by atoms with Crippen LogP contribution in [-0.4, -0.2) is 105 Å². The molecule has 0 aliphatic rings. The zero-order valence-corrected chi connectivity index (χ0v) is 38.3. The maximum atomic E-state index is 10.9. The molecule has 0 aliphatic heterocycles. The number of aromatic hydroxyl groups is 4. The molecule has 4 aromatic rings. The highest BCUT2D eigenvalue weighted by Crippen LogP contribution is 2.35. The van der Waals surface area contributed by atoms with Crippen LogP contribution >= 0.6 is 0 Å². The number of benzene rings is 4. The molecule has 0 saturated carbocycles. The van der Waals surface area contributed by atoms with E-state index in [1.165, 1.54) is 6.92 Å². The Kier molecular flexibility index (Phi) is 33.6. The lowest BCUT2D eigenvalue weighted by atomic mass is 10.1. The van der Waals surface area contributed by atoms with Gasteiger partial charge in [0.05, 0.1) is 34.1 Å². The van der Waals surface area contributed by atoms with Gasteiger partial charge < -0.3 is 52.7 Å². The second-order valence-electron chi connectivity index (χ2n) is 11.3. The fourth-order valence-electron chi connectivity index (χ4n) is 3.99. The SMILES string of the molecule is CNc1ccc(C)c(C)c1O.CNc1ccc(C)c(N)c1O.CNc1ccc(C)c(NC(C)=O)c1O.CNc1ccc(C)cc1O.O=S(=O)=O.O=S(=O)=O.O=S(=O)=O.O=S(=O)=O. The zero-order valence-electron chi connectivity index (χ0n) is 35.0. The number of hydrogen-bond acceptors (Lipinski definition) is 22. The van der Waals surface area contributed by atoms with Gasteiger partial charge >= 0.3 is 42.4 Å². The van der Waals surface area contributed by atoms with E-state index >= 15 is 0 Å². The number of nitrogens with one attached hydrogen (secondary N) is 5. The van der Waals surface area contributed by atoms with Crippen molar-refractivity contribution in [2.75, 3.05) is 60.5 Å². The zero-order chi connectivity index (χ0) is 49.4. The Morgan fingerprint density at radius 1 is 0.484 bits per heavy atom. The molecule has 0 bridgehead atoms. The lowest BCUT2D eigenvalue weighted by molar-refractivity contribution is -0.114. The van der Waals surface area contributed by atoms with Gasteiger partial charge in [0.25, 0.3) is 0 Å². The number of carbonyl (C=O) groups excluding carboxylic acids is 1. The third kappa shape index (κ3) is 30.1. The topological polar surface area (TPSA) is 389 Å². The summed E-state index contributed by atoms with van der Waals surface area (Å²) in [7, 11) is -5.42. The summed E-state index contributed by atoms with van der Waals surface area (Å²) in [6, 6.07) is 16.6. The maximum absolute atomic E-state index is 10.9. The summed E-state index contributed by atoms with van der Waals surface area (Å²) in [4.78, 5) is 10.9. The van der Waals surface area contributed by atoms with Crippen molar-refractivity contribution in [2.24, 2.45) is 0 Å². The average Bonchev–Trinajstić information content (AvgIpc) is 3.15. The molecule has 4 aromatic carbocycles. The lowest BCUT2D eigenvalue weighted by Gasteiger charge is -2.12. The summed E-state index contributed by atoms with van der Waals surface area (Å²) >= 11 is 0. The first kappa shape index (κ1) is 61.7. The molecule has 1 amide bonds. The Hall–Kier alpha value is -6.97. The Morgan fingerprint density at radius 2 is 0.806 bits per heavy atom. The number of amides is 1. The number of rotatable bonds is 5. The van der Waals surface area contributed by atoms with E-state index in [-0.39, 0.29) is 17.4 Å². The summed E-state index contributed by atoms with van der Waals surface area (Å²) in [5.41, 5.74) is 14.1. The predicted molar refractivity (Wildman–Crippen MR) is 232 cm³/mol. The first-order valence-electron chi connectivity index (χ1n) is 16.6. The molecule has 0 radical (unpaired) electrons. The lowest BCUT2D eigenvalue weighted by Crippen LogP contribution is -2.08. The van der Waals surface area contributed by atoms with Crippen molar-refractivity contribution in [2.45, 2.75) is 41.5 Å². The maximum Gasteiger partial charge on any atom is 0.425 e. The van der Waals surface area contributed by atoms with Gasteiger partial charge in [0.1, 0.15) is 11.5 Å². The average molecular weight is 955 g/mol. The minimum atomic E-state index is -3.11. The van der Waals surface area contributed by atoms with E-state index in [1.807, 2.05) is 71.0 Å². The fraction of sp³-hybridized carbons (Fsp3) is 0.286. The van der Waals surface area contributed by atoms with Crippen molar-refractivity contribution in [1.29, 1.82) is 0 Å². The van der Waals surface area contributed by atoms with E-state index in [0.29, 0.717) is 34.2 Å².